The van der Waals surface area contributed by atoms with Crippen LogP contribution < -0.4 is 4.90 Å². The minimum absolute atomic E-state index is 0.0209. The van der Waals surface area contributed by atoms with E-state index < -0.39 is 23.1 Å². The van der Waals surface area contributed by atoms with Gasteiger partial charge in [0.2, 0.25) is 0 Å². The van der Waals surface area contributed by atoms with E-state index in [4.69, 9.17) is 5.26 Å². The van der Waals surface area contributed by atoms with Crippen molar-refractivity contribution in [3.8, 4) is 11.8 Å². The minimum atomic E-state index is -0.840. The van der Waals surface area contributed by atoms with Gasteiger partial charge in [0.05, 0.1) is 23.2 Å². The number of aliphatic hydroxyl groups is 1. The number of aromatic hydroxyl groups is 1. The minimum Gasteiger partial charge on any atom is -0.508 e. The average molecular weight is 376 g/mol. The second-order valence-electron chi connectivity index (χ2n) is 7.67. The fourth-order valence-electron chi connectivity index (χ4n) is 3.18. The average Bonchev–Trinajstić information content (AvgIpc) is 2.92. The molecule has 1 amide bonds. The van der Waals surface area contributed by atoms with E-state index in [1.807, 2.05) is 6.07 Å². The number of nitriles is 1. The number of aliphatic hydroxyl groups excluding tert-OH is 1. The first kappa shape index (κ1) is 19.2. The summed E-state index contributed by atoms with van der Waals surface area (Å²) < 4.78 is 0. The third-order valence-corrected chi connectivity index (χ3v) is 4.62. The van der Waals surface area contributed by atoms with Crippen molar-refractivity contribution in [2.24, 2.45) is 5.41 Å². The topological polar surface area (TPSA) is 102 Å². The van der Waals surface area contributed by atoms with Gasteiger partial charge in [-0.05, 0) is 42.0 Å². The molecule has 28 heavy (non-hydrogen) atoms. The van der Waals surface area contributed by atoms with Crippen molar-refractivity contribution < 1.29 is 19.8 Å². The Labute approximate surface area is 163 Å². The number of anilines is 1. The molecule has 0 spiro atoms. The van der Waals surface area contributed by atoms with Crippen molar-refractivity contribution in [2.75, 3.05) is 4.90 Å². The van der Waals surface area contributed by atoms with Crippen LogP contribution in [0.25, 0.3) is 0 Å². The zero-order valence-electron chi connectivity index (χ0n) is 15.8. The summed E-state index contributed by atoms with van der Waals surface area (Å²) in [6.45, 7) is 5.16. The molecule has 0 radical (unpaired) electrons. The second kappa shape index (κ2) is 6.86. The Kier molecular flexibility index (Phi) is 4.70. The third-order valence-electron chi connectivity index (χ3n) is 4.62. The molecule has 1 atom stereocenters. The fraction of sp³-hybridized carbons (Fsp3) is 0.227. The van der Waals surface area contributed by atoms with E-state index in [0.717, 1.165) is 0 Å². The summed E-state index contributed by atoms with van der Waals surface area (Å²) in [5.74, 6) is -1.56. The van der Waals surface area contributed by atoms with Crippen LogP contribution in [0.15, 0.2) is 59.9 Å². The quantitative estimate of drug-likeness (QED) is 0.849. The zero-order chi connectivity index (χ0) is 20.6. The summed E-state index contributed by atoms with van der Waals surface area (Å²) in [7, 11) is 0. The number of carbonyl (C=O) groups is 2. The number of rotatable bonds is 3. The molecule has 1 heterocycles. The van der Waals surface area contributed by atoms with Gasteiger partial charge in [0.15, 0.2) is 11.5 Å². The van der Waals surface area contributed by atoms with Crippen LogP contribution in [0.5, 0.6) is 5.75 Å². The van der Waals surface area contributed by atoms with E-state index >= 15 is 0 Å². The highest BCUT2D eigenvalue weighted by atomic mass is 16.3. The zero-order valence-corrected chi connectivity index (χ0v) is 15.8. The van der Waals surface area contributed by atoms with E-state index in [1.54, 1.807) is 57.2 Å². The Morgan fingerprint density at radius 2 is 1.61 bits per heavy atom. The number of phenols is 1. The lowest BCUT2D eigenvalue weighted by Gasteiger charge is -2.29. The van der Waals surface area contributed by atoms with Crippen molar-refractivity contribution >= 4 is 17.4 Å². The number of phenolic OH excluding ortho intramolecular Hbond substituents is 1. The first-order valence-corrected chi connectivity index (χ1v) is 8.75. The standard InChI is InChI=1S/C22H20N2O4/c1-22(2,3)20(27)17-18(14-6-10-16(25)11-7-14)24(21(28)19(17)26)15-8-4-13(12-23)5-9-15/h4-11,18,25-26H,1-3H3. The molecule has 0 aromatic heterocycles. The third kappa shape index (κ3) is 3.23. The summed E-state index contributed by atoms with van der Waals surface area (Å²) in [5.41, 5.74) is 0.671. The lowest BCUT2D eigenvalue weighted by atomic mass is 9.82. The highest BCUT2D eigenvalue weighted by molar-refractivity contribution is 6.17. The van der Waals surface area contributed by atoms with Gasteiger partial charge in [0, 0.05) is 11.1 Å². The number of Topliss-reactive ketones (excluding diaryl/α,β-unsaturated/α-hetero) is 1. The fourth-order valence-corrected chi connectivity index (χ4v) is 3.18. The predicted octanol–water partition coefficient (Wildman–Crippen LogP) is 3.78. The number of hydrogen-bond acceptors (Lipinski definition) is 5. The molecular weight excluding hydrogens is 356 g/mol. The predicted molar refractivity (Wildman–Crippen MR) is 104 cm³/mol. The Morgan fingerprint density at radius 1 is 1.04 bits per heavy atom. The smallest absolute Gasteiger partial charge is 0.294 e. The Hall–Kier alpha value is -3.59. The molecule has 1 aliphatic heterocycles. The van der Waals surface area contributed by atoms with Gasteiger partial charge >= 0.3 is 0 Å². The van der Waals surface area contributed by atoms with Crippen LogP contribution in [0.2, 0.25) is 0 Å². The Bertz CT molecular complexity index is 1010. The van der Waals surface area contributed by atoms with Crippen LogP contribution in [0.4, 0.5) is 5.69 Å². The first-order chi connectivity index (χ1) is 13.1. The van der Waals surface area contributed by atoms with Crippen molar-refractivity contribution in [3.63, 3.8) is 0 Å². The number of ketones is 1. The van der Waals surface area contributed by atoms with Gasteiger partial charge < -0.3 is 10.2 Å². The summed E-state index contributed by atoms with van der Waals surface area (Å²) in [6.07, 6.45) is 0. The van der Waals surface area contributed by atoms with Gasteiger partial charge in [-0.15, -0.1) is 0 Å². The molecule has 142 valence electrons. The summed E-state index contributed by atoms with van der Waals surface area (Å²) >= 11 is 0. The molecule has 6 heteroatoms. The Balaban J connectivity index is 2.19. The van der Waals surface area contributed by atoms with E-state index in [-0.39, 0.29) is 17.1 Å². The molecule has 0 bridgehead atoms. The maximum atomic E-state index is 13.1. The van der Waals surface area contributed by atoms with Crippen LogP contribution in [-0.2, 0) is 9.59 Å². The van der Waals surface area contributed by atoms with Crippen molar-refractivity contribution in [2.45, 2.75) is 26.8 Å². The number of hydrogen-bond donors (Lipinski definition) is 2. The van der Waals surface area contributed by atoms with Gasteiger partial charge in [-0.25, -0.2) is 0 Å². The van der Waals surface area contributed by atoms with Gasteiger partial charge in [-0.3, -0.25) is 14.5 Å². The van der Waals surface area contributed by atoms with E-state index in [2.05, 4.69) is 0 Å². The van der Waals surface area contributed by atoms with Gasteiger partial charge in [-0.1, -0.05) is 32.9 Å². The molecule has 1 unspecified atom stereocenters. The normalized spacial score (nSPS) is 17.0. The summed E-state index contributed by atoms with van der Waals surface area (Å²) in [6, 6.07) is 13.7. The molecule has 2 aromatic carbocycles. The van der Waals surface area contributed by atoms with E-state index in [9.17, 15) is 19.8 Å². The van der Waals surface area contributed by atoms with E-state index in [1.165, 1.54) is 17.0 Å². The molecule has 2 N–H and O–H groups in total. The molecular formula is C22H20N2O4. The van der Waals surface area contributed by atoms with Crippen molar-refractivity contribution in [3.05, 3.63) is 71.0 Å². The van der Waals surface area contributed by atoms with Crippen molar-refractivity contribution in [1.29, 1.82) is 5.26 Å². The van der Waals surface area contributed by atoms with Crippen LogP contribution >= 0.6 is 0 Å². The summed E-state index contributed by atoms with van der Waals surface area (Å²) in [5, 5.41) is 29.2. The Morgan fingerprint density at radius 3 is 2.11 bits per heavy atom. The number of amides is 1. The molecule has 0 fully saturated rings. The van der Waals surface area contributed by atoms with Crippen LogP contribution in [0, 0.1) is 16.7 Å². The molecule has 6 nitrogen and oxygen atoms in total. The van der Waals surface area contributed by atoms with Crippen LogP contribution in [0.1, 0.15) is 37.9 Å². The molecule has 2 aromatic rings. The van der Waals surface area contributed by atoms with E-state index in [0.29, 0.717) is 16.8 Å². The van der Waals surface area contributed by atoms with Crippen LogP contribution in [-0.4, -0.2) is 21.9 Å². The summed E-state index contributed by atoms with van der Waals surface area (Å²) in [4.78, 5) is 27.3. The first-order valence-electron chi connectivity index (χ1n) is 8.75. The molecule has 0 aliphatic carbocycles. The van der Waals surface area contributed by atoms with Gasteiger partial charge in [0.25, 0.3) is 5.91 Å². The highest BCUT2D eigenvalue weighted by Crippen LogP contribution is 2.43. The molecule has 3 rings (SSSR count). The van der Waals surface area contributed by atoms with Gasteiger partial charge in [-0.2, -0.15) is 5.26 Å². The lowest BCUT2D eigenvalue weighted by molar-refractivity contribution is -0.123. The number of carbonyl (C=O) groups excluding carboxylic acids is 2. The number of benzene rings is 2. The molecule has 1 aliphatic rings. The molecule has 0 saturated heterocycles. The second-order valence-corrected chi connectivity index (χ2v) is 7.67. The van der Waals surface area contributed by atoms with Crippen molar-refractivity contribution in [1.82, 2.24) is 0 Å². The lowest BCUT2D eigenvalue weighted by Crippen LogP contribution is -2.32. The monoisotopic (exact) mass is 376 g/mol. The van der Waals surface area contributed by atoms with Gasteiger partial charge in [0.1, 0.15) is 5.75 Å². The number of nitrogens with zero attached hydrogens (tertiary/aromatic N) is 2. The highest BCUT2D eigenvalue weighted by Gasteiger charge is 2.46. The SMILES string of the molecule is CC(C)(C)C(=O)C1=C(O)C(=O)N(c2ccc(C#N)cc2)C1c1ccc(O)cc1. The maximum absolute atomic E-state index is 13.1. The maximum Gasteiger partial charge on any atom is 0.294 e. The largest absolute Gasteiger partial charge is 0.508 e. The molecule has 0 saturated carbocycles. The van der Waals surface area contributed by atoms with Crippen LogP contribution in [0.3, 0.4) is 0 Å².